The molecule has 0 unspecified atom stereocenters. The number of rotatable bonds is 13. The lowest BCUT2D eigenvalue weighted by Crippen LogP contribution is -2.59. The molecule has 0 aliphatic carbocycles. The quantitative estimate of drug-likeness (QED) is 0.203. The molecule has 6 nitrogen and oxygen atoms in total. The van der Waals surface area contributed by atoms with Crippen LogP contribution < -0.4 is 4.74 Å². The monoisotopic (exact) mass is 572 g/mol. The highest BCUT2D eigenvalue weighted by Gasteiger charge is 2.47. The van der Waals surface area contributed by atoms with Gasteiger partial charge in [0, 0.05) is 4.90 Å². The van der Waals surface area contributed by atoms with Gasteiger partial charge in [-0.2, -0.15) is 0 Å². The van der Waals surface area contributed by atoms with Crippen molar-refractivity contribution in [2.75, 3.05) is 13.7 Å². The molecule has 4 aromatic carbocycles. The minimum atomic E-state index is -0.956. The Morgan fingerprint density at radius 2 is 1.20 bits per heavy atom. The summed E-state index contributed by atoms with van der Waals surface area (Å²) in [5, 5.41) is 11.6. The van der Waals surface area contributed by atoms with Crippen molar-refractivity contribution < 1.29 is 28.8 Å². The van der Waals surface area contributed by atoms with Gasteiger partial charge in [-0.25, -0.2) is 0 Å². The van der Waals surface area contributed by atoms with Crippen LogP contribution in [0.25, 0.3) is 0 Å². The van der Waals surface area contributed by atoms with E-state index in [9.17, 15) is 5.11 Å². The molecule has 0 spiro atoms. The highest BCUT2D eigenvalue weighted by atomic mass is 32.2. The summed E-state index contributed by atoms with van der Waals surface area (Å²) in [6.45, 7) is 1.30. The van der Waals surface area contributed by atoms with Gasteiger partial charge in [0.1, 0.15) is 35.6 Å². The normalized spacial score (nSPS) is 22.3. The van der Waals surface area contributed by atoms with Crippen molar-refractivity contribution >= 4 is 11.8 Å². The first-order valence-electron chi connectivity index (χ1n) is 13.8. The molecule has 0 saturated carbocycles. The van der Waals surface area contributed by atoms with Crippen LogP contribution in [0.3, 0.4) is 0 Å². The maximum atomic E-state index is 11.6. The van der Waals surface area contributed by atoms with Crippen LogP contribution in [0.5, 0.6) is 5.75 Å². The van der Waals surface area contributed by atoms with Gasteiger partial charge < -0.3 is 28.8 Å². The van der Waals surface area contributed by atoms with Gasteiger partial charge in [-0.3, -0.25) is 0 Å². The lowest BCUT2D eigenvalue weighted by atomic mass is 9.99. The van der Waals surface area contributed by atoms with Crippen molar-refractivity contribution in [1.29, 1.82) is 0 Å². The van der Waals surface area contributed by atoms with E-state index in [0.29, 0.717) is 19.8 Å². The van der Waals surface area contributed by atoms with Crippen LogP contribution >= 0.6 is 11.8 Å². The van der Waals surface area contributed by atoms with E-state index >= 15 is 0 Å². The molecule has 1 fully saturated rings. The number of hydrogen-bond acceptors (Lipinski definition) is 7. The van der Waals surface area contributed by atoms with Crippen molar-refractivity contribution in [2.45, 2.75) is 54.6 Å². The van der Waals surface area contributed by atoms with E-state index in [1.54, 1.807) is 18.9 Å². The van der Waals surface area contributed by atoms with Crippen LogP contribution in [-0.4, -0.2) is 48.7 Å². The Balaban J connectivity index is 1.34. The smallest absolute Gasteiger partial charge is 0.137 e. The summed E-state index contributed by atoms with van der Waals surface area (Å²) in [7, 11) is 1.64. The largest absolute Gasteiger partial charge is 0.497 e. The molecule has 4 aromatic rings. The first-order chi connectivity index (χ1) is 20.2. The Morgan fingerprint density at radius 1 is 0.659 bits per heavy atom. The first kappa shape index (κ1) is 29.3. The summed E-state index contributed by atoms with van der Waals surface area (Å²) in [6, 6.07) is 37.8. The molecule has 1 heterocycles. The Bertz CT molecular complexity index is 1290. The zero-order valence-corrected chi connectivity index (χ0v) is 23.9. The van der Waals surface area contributed by atoms with Gasteiger partial charge in [-0.05, 0) is 41.0 Å². The van der Waals surface area contributed by atoms with E-state index in [4.69, 9.17) is 23.7 Å². The molecule has 5 atom stereocenters. The summed E-state index contributed by atoms with van der Waals surface area (Å²) in [5.41, 5.74) is 2.64. The number of aliphatic hydroxyl groups is 1. The Labute approximate surface area is 246 Å². The molecular formula is C34H36O6S. The van der Waals surface area contributed by atoms with Gasteiger partial charge in [0.05, 0.1) is 33.5 Å². The van der Waals surface area contributed by atoms with Crippen molar-refractivity contribution in [3.63, 3.8) is 0 Å². The number of ether oxygens (including phenoxy) is 5. The molecule has 1 N–H and O–H groups in total. The SMILES string of the molecule is COc1ccc(COC[C@H]2O[C@@H](Sc3ccccc3)[C@H](OCc3ccccc3)[C@@H](OCc3ccccc3)[C@@H]2O)cc1. The molecule has 214 valence electrons. The Morgan fingerprint density at radius 3 is 1.78 bits per heavy atom. The molecule has 0 radical (unpaired) electrons. The zero-order chi connectivity index (χ0) is 28.3. The van der Waals surface area contributed by atoms with Crippen LogP contribution in [0.4, 0.5) is 0 Å². The van der Waals surface area contributed by atoms with E-state index in [2.05, 4.69) is 0 Å². The molecule has 5 rings (SSSR count). The average molecular weight is 573 g/mol. The summed E-state index contributed by atoms with van der Waals surface area (Å²) in [4.78, 5) is 1.04. The van der Waals surface area contributed by atoms with E-state index in [-0.39, 0.29) is 6.61 Å². The van der Waals surface area contributed by atoms with Crippen molar-refractivity contribution in [1.82, 2.24) is 0 Å². The highest BCUT2D eigenvalue weighted by Crippen LogP contribution is 2.37. The molecule has 0 bridgehead atoms. The van der Waals surface area contributed by atoms with Gasteiger partial charge >= 0.3 is 0 Å². The van der Waals surface area contributed by atoms with E-state index in [1.807, 2.05) is 115 Å². The third kappa shape index (κ3) is 8.42. The summed E-state index contributed by atoms with van der Waals surface area (Å²) >= 11 is 1.57. The fourth-order valence-corrected chi connectivity index (χ4v) is 5.82. The fraction of sp³-hybridized carbons (Fsp3) is 0.294. The highest BCUT2D eigenvalue weighted by molar-refractivity contribution is 7.99. The van der Waals surface area contributed by atoms with E-state index in [1.165, 1.54) is 0 Å². The van der Waals surface area contributed by atoms with Crippen molar-refractivity contribution in [3.8, 4) is 5.75 Å². The summed E-state index contributed by atoms with van der Waals surface area (Å²) in [6.07, 6.45) is -2.73. The molecule has 1 aliphatic heterocycles. The third-order valence-electron chi connectivity index (χ3n) is 6.89. The van der Waals surface area contributed by atoms with E-state index in [0.717, 1.165) is 27.3 Å². The fourth-order valence-electron chi connectivity index (χ4n) is 4.67. The van der Waals surface area contributed by atoms with Crippen LogP contribution in [0.2, 0.25) is 0 Å². The minimum Gasteiger partial charge on any atom is -0.497 e. The first-order valence-corrected chi connectivity index (χ1v) is 14.6. The topological polar surface area (TPSA) is 66.4 Å². The average Bonchev–Trinajstić information content (AvgIpc) is 3.03. The second-order valence-electron chi connectivity index (χ2n) is 9.85. The van der Waals surface area contributed by atoms with Crippen molar-refractivity contribution in [2.24, 2.45) is 0 Å². The van der Waals surface area contributed by atoms with Crippen molar-refractivity contribution in [3.05, 3.63) is 132 Å². The number of aliphatic hydroxyl groups excluding tert-OH is 1. The van der Waals surface area contributed by atoms with Crippen LogP contribution in [0.1, 0.15) is 16.7 Å². The van der Waals surface area contributed by atoms with Gasteiger partial charge in [0.25, 0.3) is 0 Å². The van der Waals surface area contributed by atoms with Gasteiger partial charge in [0.2, 0.25) is 0 Å². The predicted octanol–water partition coefficient (Wildman–Crippen LogP) is 6.26. The number of hydrogen-bond donors (Lipinski definition) is 1. The number of thioether (sulfide) groups is 1. The Kier molecular flexibility index (Phi) is 10.9. The lowest BCUT2D eigenvalue weighted by Gasteiger charge is -2.44. The molecule has 0 aromatic heterocycles. The molecule has 7 heteroatoms. The van der Waals surface area contributed by atoms with Gasteiger partial charge in [-0.1, -0.05) is 103 Å². The summed E-state index contributed by atoms with van der Waals surface area (Å²) in [5.74, 6) is 0.792. The minimum absolute atomic E-state index is 0.204. The lowest BCUT2D eigenvalue weighted by molar-refractivity contribution is -0.240. The molecule has 1 saturated heterocycles. The van der Waals surface area contributed by atoms with Gasteiger partial charge in [-0.15, -0.1) is 0 Å². The molecular weight excluding hydrogens is 536 g/mol. The van der Waals surface area contributed by atoms with Crippen LogP contribution in [-0.2, 0) is 38.8 Å². The number of benzene rings is 4. The zero-order valence-electron chi connectivity index (χ0n) is 23.1. The Hall–Kier alpha value is -3.17. The number of methoxy groups -OCH3 is 1. The predicted molar refractivity (Wildman–Crippen MR) is 160 cm³/mol. The maximum Gasteiger partial charge on any atom is 0.137 e. The van der Waals surface area contributed by atoms with Crippen LogP contribution in [0.15, 0.2) is 120 Å². The molecule has 41 heavy (non-hydrogen) atoms. The van der Waals surface area contributed by atoms with Crippen LogP contribution in [0, 0.1) is 0 Å². The standard InChI is InChI=1S/C34H36O6S/c1-36-28-19-17-27(18-20-28)21-37-24-30-31(35)32(38-22-25-11-5-2-6-12-25)33(39-23-26-13-7-3-8-14-26)34(40-30)41-29-15-9-4-10-16-29/h2-20,30-35H,21-24H2,1H3/t30-,31-,32+,33-,34+/m1/s1. The second kappa shape index (κ2) is 15.2. The van der Waals surface area contributed by atoms with E-state index < -0.39 is 29.9 Å². The molecule has 0 amide bonds. The van der Waals surface area contributed by atoms with Gasteiger partial charge in [0.15, 0.2) is 0 Å². The maximum absolute atomic E-state index is 11.6. The second-order valence-corrected chi connectivity index (χ2v) is 11.0. The molecule has 1 aliphatic rings. The summed E-state index contributed by atoms with van der Waals surface area (Å²) < 4.78 is 30.7. The third-order valence-corrected chi connectivity index (χ3v) is 8.05.